The number of methoxy groups -OCH3 is 1. The number of pyridine rings is 2. The molecule has 4 heterocycles. The van der Waals surface area contributed by atoms with Crippen molar-refractivity contribution in [3.05, 3.63) is 54.7 Å². The van der Waals surface area contributed by atoms with E-state index in [2.05, 4.69) is 25.4 Å². The minimum Gasteiger partial charge on any atom is -0.495 e. The fraction of sp³-hybridized carbons (Fsp3) is 0.176. The van der Waals surface area contributed by atoms with Gasteiger partial charge in [-0.25, -0.2) is 9.50 Å². The van der Waals surface area contributed by atoms with Crippen LogP contribution in [-0.2, 0) is 6.42 Å². The molecule has 0 saturated carbocycles. The van der Waals surface area contributed by atoms with Crippen LogP contribution in [0.15, 0.2) is 49.1 Å². The van der Waals surface area contributed by atoms with Gasteiger partial charge in [0.15, 0.2) is 0 Å². The van der Waals surface area contributed by atoms with Crippen LogP contribution in [0.4, 0.5) is 5.13 Å². The summed E-state index contributed by atoms with van der Waals surface area (Å²) < 4.78 is 6.99. The van der Waals surface area contributed by atoms with Crippen LogP contribution in [0.5, 0.6) is 5.75 Å². The number of fused-ring (bicyclic) bond motifs is 1. The lowest BCUT2D eigenvalue weighted by Crippen LogP contribution is -2.05. The Bertz CT molecular complexity index is 950. The van der Waals surface area contributed by atoms with Gasteiger partial charge < -0.3 is 10.1 Å². The number of imidazole rings is 1. The Balaban J connectivity index is 1.46. The Morgan fingerprint density at radius 1 is 1.28 bits per heavy atom. The molecular weight excluding hydrogens is 336 g/mol. The molecule has 7 nitrogen and oxygen atoms in total. The molecule has 0 unspecified atom stereocenters. The number of hydrogen-bond acceptors (Lipinski definition) is 7. The molecular formula is C17H16N6OS. The van der Waals surface area contributed by atoms with Crippen molar-refractivity contribution in [3.8, 4) is 17.0 Å². The zero-order valence-corrected chi connectivity index (χ0v) is 14.4. The Hall–Kier alpha value is -3.00. The molecule has 0 radical (unpaired) electrons. The molecule has 126 valence electrons. The van der Waals surface area contributed by atoms with Crippen molar-refractivity contribution in [3.63, 3.8) is 0 Å². The van der Waals surface area contributed by atoms with E-state index in [1.807, 2.05) is 36.7 Å². The molecule has 0 amide bonds. The van der Waals surface area contributed by atoms with E-state index < -0.39 is 0 Å². The standard InChI is InChI=1S/C17H16N6OS/c1-24-14-8-12(9-18-10-14)15-11-23-17(21-15)25-16(22-23)20-7-5-13-4-2-3-6-19-13/h2-4,6,8-11H,5,7H2,1H3,(H,20,22). The summed E-state index contributed by atoms with van der Waals surface area (Å²) in [5, 5.41) is 8.68. The Kier molecular flexibility index (Phi) is 4.26. The second-order valence-electron chi connectivity index (χ2n) is 5.37. The second-order valence-corrected chi connectivity index (χ2v) is 6.33. The highest BCUT2D eigenvalue weighted by atomic mass is 32.1. The highest BCUT2D eigenvalue weighted by molar-refractivity contribution is 7.20. The fourth-order valence-corrected chi connectivity index (χ4v) is 3.23. The van der Waals surface area contributed by atoms with Crippen LogP contribution in [0, 0.1) is 0 Å². The minimum absolute atomic E-state index is 0.707. The summed E-state index contributed by atoms with van der Waals surface area (Å²) in [5.74, 6) is 0.707. The number of aromatic nitrogens is 5. The van der Waals surface area contributed by atoms with Crippen LogP contribution in [0.25, 0.3) is 16.2 Å². The van der Waals surface area contributed by atoms with E-state index in [9.17, 15) is 0 Å². The van der Waals surface area contributed by atoms with Crippen LogP contribution < -0.4 is 10.1 Å². The maximum Gasteiger partial charge on any atom is 0.214 e. The molecule has 4 aromatic heterocycles. The summed E-state index contributed by atoms with van der Waals surface area (Å²) in [7, 11) is 1.62. The quantitative estimate of drug-likeness (QED) is 0.575. The van der Waals surface area contributed by atoms with Crippen LogP contribution in [0.3, 0.4) is 0 Å². The van der Waals surface area contributed by atoms with Gasteiger partial charge in [0, 0.05) is 36.6 Å². The van der Waals surface area contributed by atoms with Gasteiger partial charge in [-0.05, 0) is 18.2 Å². The zero-order chi connectivity index (χ0) is 17.1. The third kappa shape index (κ3) is 3.43. The van der Waals surface area contributed by atoms with E-state index in [1.54, 1.807) is 24.0 Å². The van der Waals surface area contributed by atoms with Gasteiger partial charge in [0.2, 0.25) is 10.1 Å². The number of hydrogen-bond donors (Lipinski definition) is 1. The summed E-state index contributed by atoms with van der Waals surface area (Å²) in [6.07, 6.45) is 7.99. The molecule has 0 aliphatic rings. The monoisotopic (exact) mass is 352 g/mol. The van der Waals surface area contributed by atoms with Crippen molar-refractivity contribution in [1.82, 2.24) is 24.6 Å². The summed E-state index contributed by atoms with van der Waals surface area (Å²) in [6.45, 7) is 0.778. The number of nitrogens with one attached hydrogen (secondary N) is 1. The molecule has 1 N–H and O–H groups in total. The maximum absolute atomic E-state index is 5.21. The van der Waals surface area contributed by atoms with Crippen molar-refractivity contribution in [2.75, 3.05) is 19.0 Å². The summed E-state index contributed by atoms with van der Waals surface area (Å²) in [5.41, 5.74) is 2.79. The van der Waals surface area contributed by atoms with Gasteiger partial charge in [-0.2, -0.15) is 0 Å². The van der Waals surface area contributed by atoms with Gasteiger partial charge in [0.25, 0.3) is 0 Å². The first-order valence-corrected chi connectivity index (χ1v) is 8.63. The fourth-order valence-electron chi connectivity index (χ4n) is 2.42. The van der Waals surface area contributed by atoms with E-state index in [0.29, 0.717) is 5.75 Å². The van der Waals surface area contributed by atoms with Crippen LogP contribution >= 0.6 is 11.3 Å². The van der Waals surface area contributed by atoms with Crippen molar-refractivity contribution in [2.24, 2.45) is 0 Å². The van der Waals surface area contributed by atoms with Crippen molar-refractivity contribution in [1.29, 1.82) is 0 Å². The van der Waals surface area contributed by atoms with E-state index in [1.165, 1.54) is 11.3 Å². The van der Waals surface area contributed by atoms with Crippen LogP contribution in [0.2, 0.25) is 0 Å². The SMILES string of the molecule is COc1cncc(-c2cn3nc(NCCc4ccccn4)sc3n2)c1. The smallest absolute Gasteiger partial charge is 0.214 e. The van der Waals surface area contributed by atoms with E-state index >= 15 is 0 Å². The highest BCUT2D eigenvalue weighted by Gasteiger charge is 2.10. The number of nitrogens with zero attached hydrogens (tertiary/aromatic N) is 5. The van der Waals surface area contributed by atoms with Crippen molar-refractivity contribution < 1.29 is 4.74 Å². The average Bonchev–Trinajstić information content (AvgIpc) is 3.21. The first-order valence-electron chi connectivity index (χ1n) is 7.81. The van der Waals surface area contributed by atoms with Crippen molar-refractivity contribution >= 4 is 21.4 Å². The van der Waals surface area contributed by atoms with Gasteiger partial charge in [-0.3, -0.25) is 9.97 Å². The van der Waals surface area contributed by atoms with E-state index in [0.717, 1.165) is 40.0 Å². The first kappa shape index (κ1) is 15.5. The molecule has 0 aromatic carbocycles. The molecule has 0 aliphatic carbocycles. The van der Waals surface area contributed by atoms with E-state index in [4.69, 9.17) is 4.74 Å². The average molecular weight is 352 g/mol. The second kappa shape index (κ2) is 6.86. The lowest BCUT2D eigenvalue weighted by molar-refractivity contribution is 0.413. The molecule has 0 aliphatic heterocycles. The molecule has 0 bridgehead atoms. The molecule has 25 heavy (non-hydrogen) atoms. The summed E-state index contributed by atoms with van der Waals surface area (Å²) in [4.78, 5) is 13.9. The number of anilines is 1. The number of ether oxygens (including phenoxy) is 1. The maximum atomic E-state index is 5.21. The van der Waals surface area contributed by atoms with Crippen LogP contribution in [-0.4, -0.2) is 38.2 Å². The first-order chi connectivity index (χ1) is 12.3. The predicted molar refractivity (Wildman–Crippen MR) is 97.1 cm³/mol. The van der Waals surface area contributed by atoms with Gasteiger partial charge in [-0.1, -0.05) is 17.4 Å². The summed E-state index contributed by atoms with van der Waals surface area (Å²) in [6, 6.07) is 7.84. The topological polar surface area (TPSA) is 77.2 Å². The highest BCUT2D eigenvalue weighted by Crippen LogP contribution is 2.25. The largest absolute Gasteiger partial charge is 0.495 e. The Labute approximate surface area is 148 Å². The molecule has 8 heteroatoms. The van der Waals surface area contributed by atoms with E-state index in [-0.39, 0.29) is 0 Å². The molecule has 0 atom stereocenters. The van der Waals surface area contributed by atoms with Gasteiger partial charge in [0.05, 0.1) is 25.2 Å². The molecule has 0 fully saturated rings. The van der Waals surface area contributed by atoms with Crippen molar-refractivity contribution in [2.45, 2.75) is 6.42 Å². The lowest BCUT2D eigenvalue weighted by atomic mass is 10.2. The zero-order valence-electron chi connectivity index (χ0n) is 13.6. The van der Waals surface area contributed by atoms with Crippen LogP contribution in [0.1, 0.15) is 5.69 Å². The summed E-state index contributed by atoms with van der Waals surface area (Å²) >= 11 is 1.52. The third-order valence-corrected chi connectivity index (χ3v) is 4.55. The predicted octanol–water partition coefficient (Wildman–Crippen LogP) is 2.91. The van der Waals surface area contributed by atoms with Gasteiger partial charge in [-0.15, -0.1) is 5.10 Å². The Morgan fingerprint density at radius 2 is 2.24 bits per heavy atom. The molecule has 0 spiro atoms. The molecule has 4 rings (SSSR count). The van der Waals surface area contributed by atoms with Gasteiger partial charge in [0.1, 0.15) is 5.75 Å². The Morgan fingerprint density at radius 3 is 3.04 bits per heavy atom. The minimum atomic E-state index is 0.707. The number of rotatable bonds is 6. The third-order valence-electron chi connectivity index (χ3n) is 3.67. The normalized spacial score (nSPS) is 10.9. The lowest BCUT2D eigenvalue weighted by Gasteiger charge is -2.01. The van der Waals surface area contributed by atoms with Gasteiger partial charge >= 0.3 is 0 Å². The molecule has 0 saturated heterocycles. The molecule has 4 aromatic rings.